The van der Waals surface area contributed by atoms with Crippen LogP contribution in [0.2, 0.25) is 0 Å². The molecule has 13 heteroatoms. The fraction of sp³-hybridized carbons (Fsp3) is 0.0952. The Balaban J connectivity index is 1.54. The van der Waals surface area contributed by atoms with Gasteiger partial charge in [-0.3, -0.25) is 8.95 Å². The van der Waals surface area contributed by atoms with Gasteiger partial charge < -0.3 is 4.52 Å². The summed E-state index contributed by atoms with van der Waals surface area (Å²) in [5.41, 5.74) is 2.32. The lowest BCUT2D eigenvalue weighted by molar-refractivity contribution is -0.137. The molecule has 4 heterocycles. The Morgan fingerprint density at radius 3 is 2.47 bits per heavy atom. The van der Waals surface area contributed by atoms with Crippen molar-refractivity contribution in [2.75, 3.05) is 0 Å². The summed E-state index contributed by atoms with van der Waals surface area (Å²) < 4.78 is 77.3. The van der Waals surface area contributed by atoms with Crippen molar-refractivity contribution >= 4 is 27.1 Å². The Morgan fingerprint density at radius 2 is 1.82 bits per heavy atom. The molecule has 1 N–H and O–H groups in total. The normalized spacial score (nSPS) is 12.5. The smallest absolute Gasteiger partial charge is 0.332 e. The number of halogens is 3. The Hall–Kier alpha value is -3.55. The number of benzene rings is 1. The Labute approximate surface area is 194 Å². The summed E-state index contributed by atoms with van der Waals surface area (Å²) in [6.07, 6.45) is -1.19. The van der Waals surface area contributed by atoms with E-state index in [0.717, 1.165) is 29.0 Å². The SMILES string of the molecule is Cc1cc(-c2ccc(C(F)(F)F)cc2)cn2c(-c3nc(-c4ccc(S(=O)(=O)O)s4)no3)cnc12. The van der Waals surface area contributed by atoms with Crippen molar-refractivity contribution in [3.8, 4) is 33.4 Å². The van der Waals surface area contributed by atoms with Gasteiger partial charge in [-0.05, 0) is 53.9 Å². The molecule has 0 atom stereocenters. The van der Waals surface area contributed by atoms with Crippen LogP contribution in [-0.4, -0.2) is 32.5 Å². The zero-order chi connectivity index (χ0) is 24.3. The number of fused-ring (bicyclic) bond motifs is 1. The Kier molecular flexibility index (Phi) is 5.07. The van der Waals surface area contributed by atoms with Crippen LogP contribution in [0.1, 0.15) is 11.1 Å². The molecule has 1 aromatic carbocycles. The summed E-state index contributed by atoms with van der Waals surface area (Å²) in [4.78, 5) is 9.05. The van der Waals surface area contributed by atoms with Crippen molar-refractivity contribution in [3.05, 3.63) is 66.0 Å². The minimum atomic E-state index is -4.42. The first kappa shape index (κ1) is 22.3. The molecule has 34 heavy (non-hydrogen) atoms. The van der Waals surface area contributed by atoms with E-state index in [1.807, 2.05) is 13.0 Å². The second-order valence-electron chi connectivity index (χ2n) is 7.34. The average Bonchev–Trinajstić information content (AvgIpc) is 3.51. The third-order valence-electron chi connectivity index (χ3n) is 5.04. The molecular formula is C21H13F3N4O4S2. The van der Waals surface area contributed by atoms with Crippen molar-refractivity contribution in [3.63, 3.8) is 0 Å². The molecule has 5 aromatic rings. The third-order valence-corrected chi connectivity index (χ3v) is 7.44. The second-order valence-corrected chi connectivity index (χ2v) is 10.1. The fourth-order valence-corrected chi connectivity index (χ4v) is 5.03. The summed E-state index contributed by atoms with van der Waals surface area (Å²) in [6, 6.07) is 9.34. The van der Waals surface area contributed by atoms with Gasteiger partial charge in [0.2, 0.25) is 5.82 Å². The van der Waals surface area contributed by atoms with Gasteiger partial charge in [0.1, 0.15) is 15.6 Å². The summed E-state index contributed by atoms with van der Waals surface area (Å²) in [6.45, 7) is 1.82. The minimum absolute atomic E-state index is 0.105. The number of rotatable bonds is 4. The molecule has 0 saturated carbocycles. The largest absolute Gasteiger partial charge is 0.416 e. The highest BCUT2D eigenvalue weighted by molar-refractivity contribution is 7.88. The predicted molar refractivity (Wildman–Crippen MR) is 117 cm³/mol. The molecule has 0 aliphatic heterocycles. The van der Waals surface area contributed by atoms with Gasteiger partial charge in [-0.25, -0.2) is 4.98 Å². The molecular weight excluding hydrogens is 493 g/mol. The summed E-state index contributed by atoms with van der Waals surface area (Å²) >= 11 is 0.787. The van der Waals surface area contributed by atoms with Crippen molar-refractivity contribution in [2.24, 2.45) is 0 Å². The summed E-state index contributed by atoms with van der Waals surface area (Å²) in [5.74, 6) is 0.230. The molecule has 5 rings (SSSR count). The fourth-order valence-electron chi connectivity index (χ4n) is 3.43. The molecule has 4 aromatic heterocycles. The van der Waals surface area contributed by atoms with Gasteiger partial charge in [0.15, 0.2) is 0 Å². The van der Waals surface area contributed by atoms with Gasteiger partial charge in [-0.15, -0.1) is 11.3 Å². The van der Waals surface area contributed by atoms with E-state index in [1.165, 1.54) is 30.5 Å². The van der Waals surface area contributed by atoms with Crippen molar-refractivity contribution in [1.82, 2.24) is 19.5 Å². The van der Waals surface area contributed by atoms with Gasteiger partial charge >= 0.3 is 16.3 Å². The highest BCUT2D eigenvalue weighted by Crippen LogP contribution is 2.33. The molecule has 0 aliphatic carbocycles. The van der Waals surface area contributed by atoms with Gasteiger partial charge in [0.25, 0.3) is 5.89 Å². The van der Waals surface area contributed by atoms with Gasteiger partial charge in [0.05, 0.1) is 16.6 Å². The van der Waals surface area contributed by atoms with Crippen LogP contribution in [-0.2, 0) is 16.3 Å². The molecule has 0 bridgehead atoms. The van der Waals surface area contributed by atoms with E-state index in [4.69, 9.17) is 4.52 Å². The average molecular weight is 506 g/mol. The quantitative estimate of drug-likeness (QED) is 0.327. The number of imidazole rings is 1. The maximum atomic E-state index is 12.9. The molecule has 0 radical (unpaired) electrons. The van der Waals surface area contributed by atoms with Crippen molar-refractivity contribution in [1.29, 1.82) is 0 Å². The zero-order valence-corrected chi connectivity index (χ0v) is 18.7. The molecule has 0 spiro atoms. The lowest BCUT2D eigenvalue weighted by atomic mass is 10.0. The van der Waals surface area contributed by atoms with Crippen LogP contribution in [0.15, 0.2) is 63.6 Å². The van der Waals surface area contributed by atoms with Crippen LogP contribution < -0.4 is 0 Å². The van der Waals surface area contributed by atoms with Crippen LogP contribution in [0.5, 0.6) is 0 Å². The lowest BCUT2D eigenvalue weighted by Crippen LogP contribution is -2.04. The first-order chi connectivity index (χ1) is 16.0. The summed E-state index contributed by atoms with van der Waals surface area (Å²) in [5, 5.41) is 3.88. The maximum Gasteiger partial charge on any atom is 0.416 e. The molecule has 0 amide bonds. The summed E-state index contributed by atoms with van der Waals surface area (Å²) in [7, 11) is -4.35. The van der Waals surface area contributed by atoms with Crippen LogP contribution in [0.3, 0.4) is 0 Å². The van der Waals surface area contributed by atoms with Crippen LogP contribution in [0.25, 0.3) is 39.1 Å². The Bertz CT molecular complexity index is 1630. The number of nitrogens with zero attached hydrogens (tertiary/aromatic N) is 4. The maximum absolute atomic E-state index is 12.9. The number of alkyl halides is 3. The highest BCUT2D eigenvalue weighted by Gasteiger charge is 2.30. The van der Waals surface area contributed by atoms with Gasteiger partial charge in [-0.2, -0.15) is 26.6 Å². The molecule has 174 valence electrons. The van der Waals surface area contributed by atoms with Crippen LogP contribution in [0, 0.1) is 6.92 Å². The van der Waals surface area contributed by atoms with E-state index in [1.54, 1.807) is 10.6 Å². The first-order valence-electron chi connectivity index (χ1n) is 9.58. The molecule has 8 nitrogen and oxygen atoms in total. The van der Waals surface area contributed by atoms with Gasteiger partial charge in [-0.1, -0.05) is 17.3 Å². The third kappa shape index (κ3) is 3.97. The molecule has 0 saturated heterocycles. The number of hydrogen-bond acceptors (Lipinski definition) is 7. The minimum Gasteiger partial charge on any atom is -0.332 e. The monoisotopic (exact) mass is 506 g/mol. The number of thiophene rings is 1. The highest BCUT2D eigenvalue weighted by atomic mass is 32.3. The topological polar surface area (TPSA) is 111 Å². The van der Waals surface area contributed by atoms with E-state index in [2.05, 4.69) is 15.1 Å². The van der Waals surface area contributed by atoms with Crippen LogP contribution in [0.4, 0.5) is 13.2 Å². The lowest BCUT2D eigenvalue weighted by Gasteiger charge is -2.09. The van der Waals surface area contributed by atoms with Gasteiger partial charge in [0, 0.05) is 6.20 Å². The van der Waals surface area contributed by atoms with Crippen molar-refractivity contribution < 1.29 is 30.7 Å². The second kappa shape index (κ2) is 7.75. The first-order valence-corrected chi connectivity index (χ1v) is 11.8. The van der Waals surface area contributed by atoms with E-state index >= 15 is 0 Å². The van der Waals surface area contributed by atoms with E-state index in [0.29, 0.717) is 27.3 Å². The zero-order valence-electron chi connectivity index (χ0n) is 17.1. The van der Waals surface area contributed by atoms with Crippen molar-refractivity contribution in [2.45, 2.75) is 17.3 Å². The number of pyridine rings is 1. The predicted octanol–water partition coefficient (Wildman–Crippen LogP) is 5.35. The van der Waals surface area contributed by atoms with Crippen LogP contribution >= 0.6 is 11.3 Å². The van der Waals surface area contributed by atoms with E-state index in [9.17, 15) is 26.1 Å². The van der Waals surface area contributed by atoms with E-state index < -0.39 is 21.9 Å². The van der Waals surface area contributed by atoms with E-state index in [-0.39, 0.29) is 15.9 Å². The molecule has 0 aliphatic rings. The Morgan fingerprint density at radius 1 is 1.09 bits per heavy atom. The molecule has 0 unspecified atom stereocenters. The number of hydrogen-bond donors (Lipinski definition) is 1. The standard InChI is InChI=1S/C21H13F3N4O4S2/c1-11-8-13(12-2-4-14(5-3-12)21(22,23)24)10-28-15(9-25-19(11)28)20-26-18(27-32-20)16-6-7-17(33-16)34(29,30)31/h2-10H,1H3,(H,29,30,31). The number of aryl methyl sites for hydroxylation is 1. The number of aromatic nitrogens is 4. The molecule has 0 fully saturated rings.